The van der Waals surface area contributed by atoms with Gasteiger partial charge in [-0.1, -0.05) is 12.8 Å². The molecule has 0 unspecified atom stereocenters. The predicted molar refractivity (Wildman–Crippen MR) is 74.5 cm³/mol. The number of nitrogens with zero attached hydrogens (tertiary/aromatic N) is 2. The van der Waals surface area contributed by atoms with Crippen LogP contribution in [0.1, 0.15) is 32.1 Å². The molecule has 20 heavy (non-hydrogen) atoms. The van der Waals surface area contributed by atoms with Crippen molar-refractivity contribution in [3.63, 3.8) is 0 Å². The molecule has 0 aliphatic carbocycles. The van der Waals surface area contributed by atoms with Crippen LogP contribution in [0, 0.1) is 10.1 Å². The van der Waals surface area contributed by atoms with Crippen LogP contribution in [0.5, 0.6) is 0 Å². The molecular formula is C13H19N3O4. The largest absolute Gasteiger partial charge is 0.469 e. The number of hydrogen-bond acceptors (Lipinski definition) is 6. The van der Waals surface area contributed by atoms with Gasteiger partial charge < -0.3 is 20.2 Å². The highest BCUT2D eigenvalue weighted by Gasteiger charge is 2.05. The van der Waals surface area contributed by atoms with Crippen molar-refractivity contribution in [3.05, 3.63) is 28.4 Å². The monoisotopic (exact) mass is 281 g/mol. The van der Waals surface area contributed by atoms with Gasteiger partial charge in [0, 0.05) is 19.0 Å². The zero-order valence-electron chi connectivity index (χ0n) is 11.5. The molecule has 1 rings (SSSR count). The Kier molecular flexibility index (Phi) is 7.02. The third kappa shape index (κ3) is 6.12. The second-order valence-corrected chi connectivity index (χ2v) is 4.33. The summed E-state index contributed by atoms with van der Waals surface area (Å²) in [5.41, 5.74) is 0.769. The third-order valence-electron chi connectivity index (χ3n) is 2.80. The van der Waals surface area contributed by atoms with Crippen LogP contribution in [0.25, 0.3) is 0 Å². The Morgan fingerprint density at radius 1 is 1.35 bits per heavy atom. The van der Waals surface area contributed by atoms with Gasteiger partial charge in [-0.3, -0.25) is 4.79 Å². The van der Waals surface area contributed by atoms with Crippen LogP contribution < -0.4 is 5.32 Å². The SMILES string of the molecule is COC(=O)CCCCCCNc1ccc([N+](=O)[O-])nc1. The quantitative estimate of drug-likeness (QED) is 0.323. The summed E-state index contributed by atoms with van der Waals surface area (Å²) in [6, 6.07) is 3.01. The highest BCUT2D eigenvalue weighted by Crippen LogP contribution is 2.11. The van der Waals surface area contributed by atoms with Crippen molar-refractivity contribution in [1.82, 2.24) is 4.98 Å². The van der Waals surface area contributed by atoms with Gasteiger partial charge >= 0.3 is 11.8 Å². The number of anilines is 1. The number of carbonyl (C=O) groups excluding carboxylic acids is 1. The Morgan fingerprint density at radius 2 is 2.10 bits per heavy atom. The first-order valence-corrected chi connectivity index (χ1v) is 6.54. The molecule has 1 aromatic rings. The van der Waals surface area contributed by atoms with Gasteiger partial charge in [0.1, 0.15) is 0 Å². The van der Waals surface area contributed by atoms with Gasteiger partial charge in [0.15, 0.2) is 6.20 Å². The Hall–Kier alpha value is -2.18. The Morgan fingerprint density at radius 3 is 2.70 bits per heavy atom. The lowest BCUT2D eigenvalue weighted by Crippen LogP contribution is -2.03. The fourth-order valence-electron chi connectivity index (χ4n) is 1.68. The number of esters is 1. The van der Waals surface area contributed by atoms with Crippen LogP contribution in [-0.2, 0) is 9.53 Å². The van der Waals surface area contributed by atoms with E-state index in [1.54, 1.807) is 6.07 Å². The van der Waals surface area contributed by atoms with E-state index in [0.29, 0.717) is 6.42 Å². The summed E-state index contributed by atoms with van der Waals surface area (Å²) in [5.74, 6) is -0.321. The first-order valence-electron chi connectivity index (χ1n) is 6.54. The second-order valence-electron chi connectivity index (χ2n) is 4.33. The summed E-state index contributed by atoms with van der Waals surface area (Å²) < 4.78 is 4.56. The lowest BCUT2D eigenvalue weighted by molar-refractivity contribution is -0.389. The molecule has 110 valence electrons. The molecule has 7 nitrogen and oxygen atoms in total. The molecule has 0 fully saturated rings. The van der Waals surface area contributed by atoms with Crippen molar-refractivity contribution in [2.45, 2.75) is 32.1 Å². The summed E-state index contributed by atoms with van der Waals surface area (Å²) in [6.45, 7) is 0.776. The highest BCUT2D eigenvalue weighted by molar-refractivity contribution is 5.68. The molecule has 0 radical (unpaired) electrons. The van der Waals surface area contributed by atoms with E-state index in [9.17, 15) is 14.9 Å². The smallest absolute Gasteiger partial charge is 0.363 e. The average molecular weight is 281 g/mol. The molecular weight excluding hydrogens is 262 g/mol. The number of hydrogen-bond donors (Lipinski definition) is 1. The van der Waals surface area contributed by atoms with E-state index >= 15 is 0 Å². The summed E-state index contributed by atoms with van der Waals surface area (Å²) in [4.78, 5) is 24.5. The number of nitrogens with one attached hydrogen (secondary N) is 1. The zero-order valence-corrected chi connectivity index (χ0v) is 11.5. The molecule has 0 aromatic carbocycles. The maximum absolute atomic E-state index is 10.9. The van der Waals surface area contributed by atoms with Crippen molar-refractivity contribution in [2.24, 2.45) is 0 Å². The van der Waals surface area contributed by atoms with Crippen molar-refractivity contribution >= 4 is 17.5 Å². The van der Waals surface area contributed by atoms with Crippen LogP contribution >= 0.6 is 0 Å². The molecule has 0 saturated heterocycles. The standard InChI is InChI=1S/C13H19N3O4/c1-20-13(17)6-4-2-3-5-9-14-11-7-8-12(15-10-11)16(18)19/h7-8,10,14H,2-6,9H2,1H3. The van der Waals surface area contributed by atoms with Gasteiger partial charge in [0.25, 0.3) is 0 Å². The lowest BCUT2D eigenvalue weighted by atomic mass is 10.1. The molecule has 1 N–H and O–H groups in total. The normalized spacial score (nSPS) is 10.1. The van der Waals surface area contributed by atoms with Crippen LogP contribution in [0.4, 0.5) is 11.5 Å². The van der Waals surface area contributed by atoms with Crippen LogP contribution in [-0.4, -0.2) is 29.5 Å². The molecule has 0 spiro atoms. The van der Waals surface area contributed by atoms with Gasteiger partial charge in [-0.15, -0.1) is 0 Å². The summed E-state index contributed by atoms with van der Waals surface area (Å²) in [5, 5.41) is 13.6. The summed E-state index contributed by atoms with van der Waals surface area (Å²) in [7, 11) is 1.39. The highest BCUT2D eigenvalue weighted by atomic mass is 16.6. The number of pyridine rings is 1. The van der Waals surface area contributed by atoms with Gasteiger partial charge in [-0.2, -0.15) is 0 Å². The van der Waals surface area contributed by atoms with Crippen LogP contribution in [0.15, 0.2) is 18.3 Å². The number of rotatable bonds is 9. The molecule has 0 aliphatic heterocycles. The number of aromatic nitrogens is 1. The van der Waals surface area contributed by atoms with Gasteiger partial charge in [0.2, 0.25) is 0 Å². The Labute approximate surface area is 117 Å². The summed E-state index contributed by atoms with van der Waals surface area (Å²) in [6.07, 6.45) is 5.73. The maximum Gasteiger partial charge on any atom is 0.363 e. The van der Waals surface area contributed by atoms with Crippen molar-refractivity contribution < 1.29 is 14.5 Å². The van der Waals surface area contributed by atoms with Crippen LogP contribution in [0.3, 0.4) is 0 Å². The Balaban J connectivity index is 2.09. The molecule has 0 saturated carbocycles. The third-order valence-corrected chi connectivity index (χ3v) is 2.80. The van der Waals surface area contributed by atoms with Crippen LogP contribution in [0.2, 0.25) is 0 Å². The van der Waals surface area contributed by atoms with E-state index in [1.807, 2.05) is 0 Å². The van der Waals surface area contributed by atoms with Gasteiger partial charge in [-0.25, -0.2) is 0 Å². The van der Waals surface area contributed by atoms with Crippen molar-refractivity contribution in [3.8, 4) is 0 Å². The van der Waals surface area contributed by atoms with E-state index < -0.39 is 4.92 Å². The van der Waals surface area contributed by atoms with Crippen molar-refractivity contribution in [1.29, 1.82) is 0 Å². The number of methoxy groups -OCH3 is 1. The molecule has 1 aromatic heterocycles. The molecule has 0 bridgehead atoms. The number of ether oxygens (including phenoxy) is 1. The van der Waals surface area contributed by atoms with E-state index in [0.717, 1.165) is 37.9 Å². The maximum atomic E-state index is 10.9. The number of nitro groups is 1. The number of carbonyl (C=O) groups is 1. The minimum atomic E-state index is -0.523. The second kappa shape index (κ2) is 8.84. The fourth-order valence-corrected chi connectivity index (χ4v) is 1.68. The molecule has 7 heteroatoms. The minimum absolute atomic E-state index is 0.154. The molecule has 0 atom stereocenters. The van der Waals surface area contributed by atoms with E-state index in [2.05, 4.69) is 15.0 Å². The molecule has 0 aliphatic rings. The topological polar surface area (TPSA) is 94.4 Å². The van der Waals surface area contributed by atoms with E-state index in [-0.39, 0.29) is 11.8 Å². The zero-order chi connectivity index (χ0) is 14.8. The molecule has 0 amide bonds. The minimum Gasteiger partial charge on any atom is -0.469 e. The van der Waals surface area contributed by atoms with Gasteiger partial charge in [0.05, 0.1) is 12.8 Å². The Bertz CT molecular complexity index is 434. The van der Waals surface area contributed by atoms with E-state index in [1.165, 1.54) is 19.4 Å². The predicted octanol–water partition coefficient (Wildman–Crippen LogP) is 2.53. The lowest BCUT2D eigenvalue weighted by Gasteiger charge is -2.04. The molecule has 1 heterocycles. The van der Waals surface area contributed by atoms with Gasteiger partial charge in [-0.05, 0) is 28.8 Å². The first-order chi connectivity index (χ1) is 9.63. The summed E-state index contributed by atoms with van der Waals surface area (Å²) >= 11 is 0. The number of unbranched alkanes of at least 4 members (excludes halogenated alkanes) is 3. The fraction of sp³-hybridized carbons (Fsp3) is 0.538. The average Bonchev–Trinajstić information content (AvgIpc) is 2.46. The van der Waals surface area contributed by atoms with Crippen molar-refractivity contribution in [2.75, 3.05) is 19.0 Å². The first kappa shape index (κ1) is 15.9. The van der Waals surface area contributed by atoms with E-state index in [4.69, 9.17) is 0 Å².